The minimum absolute atomic E-state index is 0.0390. The molecule has 2 unspecified atom stereocenters. The molecular formula is C45H40O4. The molecule has 0 saturated heterocycles. The van der Waals surface area contributed by atoms with Crippen molar-refractivity contribution in [2.75, 3.05) is 6.61 Å². The summed E-state index contributed by atoms with van der Waals surface area (Å²) in [5, 5.41) is 36.1. The zero-order valence-electron chi connectivity index (χ0n) is 27.7. The summed E-state index contributed by atoms with van der Waals surface area (Å²) in [7, 11) is 0. The van der Waals surface area contributed by atoms with Gasteiger partial charge in [-0.3, -0.25) is 0 Å². The van der Waals surface area contributed by atoms with Gasteiger partial charge in [0.1, 0.15) is 12.4 Å². The number of allylic oxidation sites excluding steroid dienone is 8. The normalized spacial score (nSPS) is 19.5. The molecule has 244 valence electrons. The highest BCUT2D eigenvalue weighted by molar-refractivity contribution is 6.00. The van der Waals surface area contributed by atoms with Crippen molar-refractivity contribution in [3.05, 3.63) is 166 Å². The summed E-state index contributed by atoms with van der Waals surface area (Å²) in [6.45, 7) is 2.34. The Balaban J connectivity index is 1.24. The smallest absolute Gasteiger partial charge is 0.120 e. The van der Waals surface area contributed by atoms with Crippen LogP contribution >= 0.6 is 0 Å². The van der Waals surface area contributed by atoms with E-state index in [4.69, 9.17) is 4.74 Å². The lowest BCUT2D eigenvalue weighted by Gasteiger charge is -2.42. The first-order valence-electron chi connectivity index (χ1n) is 17.1. The van der Waals surface area contributed by atoms with Crippen LogP contribution in [0.15, 0.2) is 133 Å². The molecule has 0 heterocycles. The average molecular weight is 645 g/mol. The molecule has 49 heavy (non-hydrogen) atoms. The predicted octanol–water partition coefficient (Wildman–Crippen LogP) is 9.26. The molecular weight excluding hydrogens is 604 g/mol. The number of rotatable bonds is 8. The molecule has 5 aromatic rings. The minimum Gasteiger partial charge on any atom is -0.489 e. The number of ether oxygens (including phenoxy) is 1. The third-order valence-electron chi connectivity index (χ3n) is 10.8. The monoisotopic (exact) mass is 644 g/mol. The summed E-state index contributed by atoms with van der Waals surface area (Å²) in [6, 6.07) is 27.2. The molecule has 3 aliphatic carbocycles. The van der Waals surface area contributed by atoms with E-state index >= 15 is 0 Å². The van der Waals surface area contributed by atoms with Gasteiger partial charge in [0, 0.05) is 11.3 Å². The van der Waals surface area contributed by atoms with Crippen molar-refractivity contribution in [1.29, 1.82) is 0 Å². The second-order valence-electron chi connectivity index (χ2n) is 13.5. The number of aliphatic hydroxyl groups is 3. The second-order valence-corrected chi connectivity index (χ2v) is 13.5. The Labute approximate surface area is 287 Å². The van der Waals surface area contributed by atoms with E-state index in [-0.39, 0.29) is 31.2 Å². The van der Waals surface area contributed by atoms with Crippen molar-refractivity contribution in [1.82, 2.24) is 0 Å². The van der Waals surface area contributed by atoms with Crippen molar-refractivity contribution in [2.45, 2.75) is 45.5 Å². The number of benzene rings is 5. The van der Waals surface area contributed by atoms with E-state index in [1.807, 2.05) is 18.2 Å². The van der Waals surface area contributed by atoms with Gasteiger partial charge in [-0.15, -0.1) is 0 Å². The Morgan fingerprint density at radius 3 is 2.35 bits per heavy atom. The fourth-order valence-corrected chi connectivity index (χ4v) is 8.34. The van der Waals surface area contributed by atoms with Crippen molar-refractivity contribution in [2.24, 2.45) is 5.41 Å². The molecule has 3 aliphatic rings. The van der Waals surface area contributed by atoms with E-state index in [2.05, 4.69) is 116 Å². The van der Waals surface area contributed by atoms with Gasteiger partial charge in [-0.05, 0) is 102 Å². The summed E-state index contributed by atoms with van der Waals surface area (Å²) >= 11 is 0. The SMILES string of the molecule is CC12C=CC=CC1=CC=C(CO)C2c1c(CO)ccc2ccc(OCc3ccc4ccccc4c3-c3c(CO)ccc4c3CCC=C4)cc12. The maximum absolute atomic E-state index is 10.6. The Morgan fingerprint density at radius 1 is 0.735 bits per heavy atom. The summed E-state index contributed by atoms with van der Waals surface area (Å²) in [6.07, 6.45) is 18.9. The topological polar surface area (TPSA) is 69.9 Å². The van der Waals surface area contributed by atoms with Crippen LogP contribution in [-0.2, 0) is 26.2 Å². The van der Waals surface area contributed by atoms with Gasteiger partial charge < -0.3 is 20.1 Å². The van der Waals surface area contributed by atoms with Crippen LogP contribution in [0.4, 0.5) is 0 Å². The molecule has 3 N–H and O–H groups in total. The maximum Gasteiger partial charge on any atom is 0.120 e. The highest BCUT2D eigenvalue weighted by atomic mass is 16.5. The second kappa shape index (κ2) is 12.8. The number of fused-ring (bicyclic) bond motifs is 4. The molecule has 4 nitrogen and oxygen atoms in total. The minimum atomic E-state index is -0.384. The van der Waals surface area contributed by atoms with Crippen LogP contribution in [0.5, 0.6) is 5.75 Å². The highest BCUT2D eigenvalue weighted by Gasteiger charge is 2.41. The van der Waals surface area contributed by atoms with Crippen LogP contribution in [0, 0.1) is 5.41 Å². The fourth-order valence-electron chi connectivity index (χ4n) is 8.34. The van der Waals surface area contributed by atoms with Crippen LogP contribution in [0.3, 0.4) is 0 Å². The first-order chi connectivity index (χ1) is 24.0. The molecule has 5 aromatic carbocycles. The molecule has 0 bridgehead atoms. The van der Waals surface area contributed by atoms with Crippen LogP contribution in [0.1, 0.15) is 52.6 Å². The summed E-state index contributed by atoms with van der Waals surface area (Å²) in [5.74, 6) is 0.566. The molecule has 0 saturated carbocycles. The van der Waals surface area contributed by atoms with E-state index < -0.39 is 0 Å². The fraction of sp³-hybridized carbons (Fsp3) is 0.200. The Bertz CT molecular complexity index is 2270. The third-order valence-corrected chi connectivity index (χ3v) is 10.8. The lowest BCUT2D eigenvalue weighted by Crippen LogP contribution is -2.32. The molecule has 0 amide bonds. The van der Waals surface area contributed by atoms with Gasteiger partial charge in [0.25, 0.3) is 0 Å². The van der Waals surface area contributed by atoms with Gasteiger partial charge in [0.15, 0.2) is 0 Å². The lowest BCUT2D eigenvalue weighted by atomic mass is 9.61. The number of aliphatic hydroxyl groups excluding tert-OH is 3. The van der Waals surface area contributed by atoms with Crippen LogP contribution in [0.2, 0.25) is 0 Å². The number of hydrogen-bond acceptors (Lipinski definition) is 4. The molecule has 0 aromatic heterocycles. The molecule has 0 spiro atoms. The Hall–Kier alpha value is -5.00. The van der Waals surface area contributed by atoms with Gasteiger partial charge in [0.2, 0.25) is 0 Å². The molecule has 8 rings (SSSR count). The van der Waals surface area contributed by atoms with E-state index in [1.165, 1.54) is 16.7 Å². The van der Waals surface area contributed by atoms with Gasteiger partial charge in [0.05, 0.1) is 19.8 Å². The average Bonchev–Trinajstić information content (AvgIpc) is 3.15. The highest BCUT2D eigenvalue weighted by Crippen LogP contribution is 2.53. The first-order valence-corrected chi connectivity index (χ1v) is 17.1. The van der Waals surface area contributed by atoms with E-state index in [0.717, 1.165) is 79.1 Å². The molecule has 2 atom stereocenters. The third kappa shape index (κ3) is 5.28. The largest absolute Gasteiger partial charge is 0.489 e. The zero-order valence-corrected chi connectivity index (χ0v) is 27.7. The van der Waals surface area contributed by atoms with Crippen molar-refractivity contribution in [3.63, 3.8) is 0 Å². The van der Waals surface area contributed by atoms with Gasteiger partial charge in [-0.1, -0.05) is 122 Å². The Kier molecular flexibility index (Phi) is 8.17. The van der Waals surface area contributed by atoms with E-state index in [0.29, 0.717) is 6.61 Å². The standard InChI is InChI=1S/C45H40O4/c1-45-23-7-6-10-36(45)21-19-34(27-48)44(45)43-33(26-47)17-14-31-20-22-37(24-40(31)43)49-28-35-18-15-30-9-3-5-12-39(30)42(35)41-32(25-46)16-13-29-8-2-4-11-38(29)41/h2-3,5-10,12-24,44,46-48H,4,11,25-28H2,1H3. The Morgan fingerprint density at radius 2 is 1.51 bits per heavy atom. The quantitative estimate of drug-likeness (QED) is 0.158. The van der Waals surface area contributed by atoms with Crippen molar-refractivity contribution >= 4 is 27.6 Å². The summed E-state index contributed by atoms with van der Waals surface area (Å²) in [5.41, 5.74) is 10.2. The molecule has 0 fully saturated rings. The molecule has 0 aliphatic heterocycles. The van der Waals surface area contributed by atoms with Crippen LogP contribution < -0.4 is 4.74 Å². The van der Waals surface area contributed by atoms with E-state index in [9.17, 15) is 15.3 Å². The van der Waals surface area contributed by atoms with Gasteiger partial charge in [-0.25, -0.2) is 0 Å². The summed E-state index contributed by atoms with van der Waals surface area (Å²) in [4.78, 5) is 0. The lowest BCUT2D eigenvalue weighted by molar-refractivity contribution is 0.275. The first kappa shape index (κ1) is 31.3. The van der Waals surface area contributed by atoms with Crippen LogP contribution in [0.25, 0.3) is 38.7 Å². The zero-order chi connectivity index (χ0) is 33.5. The van der Waals surface area contributed by atoms with E-state index in [1.54, 1.807) is 0 Å². The van der Waals surface area contributed by atoms with Crippen molar-refractivity contribution < 1.29 is 20.1 Å². The van der Waals surface area contributed by atoms with Crippen molar-refractivity contribution in [3.8, 4) is 16.9 Å². The predicted molar refractivity (Wildman–Crippen MR) is 199 cm³/mol. The van der Waals surface area contributed by atoms with Gasteiger partial charge in [-0.2, -0.15) is 0 Å². The summed E-state index contributed by atoms with van der Waals surface area (Å²) < 4.78 is 6.69. The van der Waals surface area contributed by atoms with Gasteiger partial charge >= 0.3 is 0 Å². The van der Waals surface area contributed by atoms with Crippen LogP contribution in [-0.4, -0.2) is 21.9 Å². The number of hydrogen-bond donors (Lipinski definition) is 3. The molecule has 0 radical (unpaired) electrons. The molecule has 4 heteroatoms. The maximum atomic E-state index is 10.6.